The maximum Gasteiger partial charge on any atom is 0.113 e. The molecule has 0 spiro atoms. The van der Waals surface area contributed by atoms with Gasteiger partial charge < -0.3 is 0 Å². The van der Waals surface area contributed by atoms with Crippen LogP contribution in [-0.2, 0) is 0 Å². The summed E-state index contributed by atoms with van der Waals surface area (Å²) >= 11 is 3.79. The van der Waals surface area contributed by atoms with Crippen LogP contribution < -0.4 is 20.7 Å². The van der Waals surface area contributed by atoms with Gasteiger partial charge in [0.1, 0.15) is 16.1 Å². The lowest BCUT2D eigenvalue weighted by Crippen LogP contribution is -2.63. The Kier molecular flexibility index (Phi) is 6.23. The Labute approximate surface area is 325 Å². The summed E-state index contributed by atoms with van der Waals surface area (Å²) in [4.78, 5) is 0. The van der Waals surface area contributed by atoms with Crippen LogP contribution in [0.4, 0.5) is 0 Å². The highest BCUT2D eigenvalue weighted by Crippen LogP contribution is 2.44. The molecule has 2 aliphatic rings. The molecule has 12 rings (SSSR count). The molecule has 2 aromatic heterocycles. The molecule has 0 aliphatic carbocycles. The first-order valence-corrected chi connectivity index (χ1v) is 26.6. The molecule has 0 saturated carbocycles. The van der Waals surface area contributed by atoms with E-state index in [-0.39, 0.29) is 0 Å². The van der Waals surface area contributed by atoms with Crippen molar-refractivity contribution in [1.82, 2.24) is 0 Å². The van der Waals surface area contributed by atoms with Crippen LogP contribution in [0.1, 0.15) is 0 Å². The average Bonchev–Trinajstić information content (AvgIpc) is 3.89. The zero-order valence-electron chi connectivity index (χ0n) is 30.7. The van der Waals surface area contributed by atoms with E-state index in [2.05, 4.69) is 172 Å². The molecule has 8 aromatic carbocycles. The third kappa shape index (κ3) is 4.06. The Bertz CT molecular complexity index is 3060. The molecular weight excluding hydrogens is 721 g/mol. The lowest BCUT2D eigenvalue weighted by atomic mass is 9.91. The molecule has 4 heteroatoms. The summed E-state index contributed by atoms with van der Waals surface area (Å²) in [7, 11) is -4.24. The minimum atomic E-state index is -2.12. The topological polar surface area (TPSA) is 0 Å². The van der Waals surface area contributed by atoms with Gasteiger partial charge in [-0.3, -0.25) is 0 Å². The number of thiophene rings is 2. The number of hydrogen-bond donors (Lipinski definition) is 0. The number of hydrogen-bond acceptors (Lipinski definition) is 2. The smallest absolute Gasteiger partial charge is 0.113 e. The van der Waals surface area contributed by atoms with Crippen molar-refractivity contribution in [2.45, 2.75) is 26.2 Å². The lowest BCUT2D eigenvalue weighted by Gasteiger charge is -2.29. The highest BCUT2D eigenvalue weighted by molar-refractivity contribution is 7.26. The standard InChI is InChI=1S/C50H36S2Si2/c1-53(2)45-27-31(29-19-23-43-39(25-29)33-11-7-9-15-41(33)51-43)17-21-37(45)47-35-13-5-6-14-36(35)48-38-22-18-32(28-46(38)54(3,4)50(48)49(47)53)30-20-24-44-40(26-30)34-12-8-10-16-42(34)52-44/h5-28H,1-4H3. The summed E-state index contributed by atoms with van der Waals surface area (Å²) in [6.45, 7) is 10.5. The van der Waals surface area contributed by atoms with E-state index in [4.69, 9.17) is 0 Å². The summed E-state index contributed by atoms with van der Waals surface area (Å²) in [6, 6.07) is 56.1. The Hall–Kier alpha value is -5.11. The van der Waals surface area contributed by atoms with Crippen LogP contribution in [0.15, 0.2) is 146 Å². The monoisotopic (exact) mass is 756 g/mol. The second-order valence-corrected chi connectivity index (χ2v) is 27.2. The van der Waals surface area contributed by atoms with Gasteiger partial charge in [0, 0.05) is 40.3 Å². The Morgan fingerprint density at radius 1 is 0.333 bits per heavy atom. The summed E-state index contributed by atoms with van der Waals surface area (Å²) in [6.07, 6.45) is 0. The van der Waals surface area contributed by atoms with E-state index >= 15 is 0 Å². The zero-order chi connectivity index (χ0) is 36.1. The third-order valence-corrected chi connectivity index (χ3v) is 22.4. The van der Waals surface area contributed by atoms with Gasteiger partial charge in [-0.2, -0.15) is 0 Å². The van der Waals surface area contributed by atoms with Gasteiger partial charge in [0.05, 0.1) is 0 Å². The average molecular weight is 757 g/mol. The van der Waals surface area contributed by atoms with Crippen molar-refractivity contribution in [3.8, 4) is 44.5 Å². The fraction of sp³-hybridized carbons (Fsp3) is 0.0800. The van der Waals surface area contributed by atoms with Crippen molar-refractivity contribution >= 4 is 111 Å². The minimum Gasteiger partial charge on any atom is -0.135 e. The number of benzene rings is 8. The minimum absolute atomic E-state index is 1.31. The number of fused-ring (bicyclic) bond motifs is 16. The van der Waals surface area contributed by atoms with Gasteiger partial charge >= 0.3 is 0 Å². The van der Waals surface area contributed by atoms with Crippen LogP contribution in [-0.4, -0.2) is 16.1 Å². The molecule has 0 saturated heterocycles. The van der Waals surface area contributed by atoms with Crippen molar-refractivity contribution in [1.29, 1.82) is 0 Å². The van der Waals surface area contributed by atoms with Crippen LogP contribution in [0, 0.1) is 0 Å². The summed E-state index contributed by atoms with van der Waals surface area (Å²) in [5.41, 5.74) is 11.3. The van der Waals surface area contributed by atoms with Gasteiger partial charge in [0.2, 0.25) is 0 Å². The van der Waals surface area contributed by atoms with Crippen molar-refractivity contribution in [3.05, 3.63) is 146 Å². The van der Waals surface area contributed by atoms with E-state index in [9.17, 15) is 0 Å². The first-order chi connectivity index (χ1) is 26.3. The largest absolute Gasteiger partial charge is 0.135 e. The Morgan fingerprint density at radius 3 is 1.13 bits per heavy atom. The van der Waals surface area contributed by atoms with Crippen molar-refractivity contribution in [3.63, 3.8) is 0 Å². The second kappa shape index (κ2) is 10.8. The van der Waals surface area contributed by atoms with Gasteiger partial charge in [0.15, 0.2) is 0 Å². The quantitative estimate of drug-likeness (QED) is 0.154. The van der Waals surface area contributed by atoms with Gasteiger partial charge in [-0.25, -0.2) is 0 Å². The third-order valence-electron chi connectivity index (χ3n) is 12.8. The Balaban J connectivity index is 1.04. The van der Waals surface area contributed by atoms with Crippen LogP contribution >= 0.6 is 22.7 Å². The highest BCUT2D eigenvalue weighted by Gasteiger charge is 2.49. The molecule has 0 fully saturated rings. The molecule has 0 bridgehead atoms. The zero-order valence-corrected chi connectivity index (χ0v) is 34.3. The molecule has 0 N–H and O–H groups in total. The van der Waals surface area contributed by atoms with Gasteiger partial charge in [-0.1, -0.05) is 135 Å². The normalized spacial score (nSPS) is 15.0. The van der Waals surface area contributed by atoms with Crippen molar-refractivity contribution in [2.75, 3.05) is 0 Å². The van der Waals surface area contributed by atoms with Gasteiger partial charge in [0.25, 0.3) is 0 Å². The van der Waals surface area contributed by atoms with Crippen molar-refractivity contribution in [2.24, 2.45) is 0 Å². The fourth-order valence-electron chi connectivity index (χ4n) is 10.2. The number of rotatable bonds is 2. The molecule has 0 nitrogen and oxygen atoms in total. The molecule has 0 atom stereocenters. The molecule has 0 amide bonds. The predicted octanol–water partition coefficient (Wildman–Crippen LogP) is 12.5. The molecule has 10 aromatic rings. The molecule has 4 heterocycles. The summed E-state index contributed by atoms with van der Waals surface area (Å²) in [5, 5.41) is 14.9. The molecule has 256 valence electrons. The molecule has 54 heavy (non-hydrogen) atoms. The van der Waals surface area contributed by atoms with E-state index in [0.717, 1.165) is 0 Å². The van der Waals surface area contributed by atoms with E-state index in [1.807, 2.05) is 22.7 Å². The predicted molar refractivity (Wildman–Crippen MR) is 245 cm³/mol. The molecule has 2 aliphatic heterocycles. The molecule has 0 unspecified atom stereocenters. The van der Waals surface area contributed by atoms with Gasteiger partial charge in [-0.05, 0) is 112 Å². The summed E-state index contributed by atoms with van der Waals surface area (Å²) in [5.74, 6) is 0. The van der Waals surface area contributed by atoms with E-state index < -0.39 is 16.1 Å². The van der Waals surface area contributed by atoms with Crippen LogP contribution in [0.25, 0.3) is 95.6 Å². The van der Waals surface area contributed by atoms with Crippen LogP contribution in [0.2, 0.25) is 26.2 Å². The first kappa shape index (κ1) is 31.3. The maximum atomic E-state index is 2.63. The Morgan fingerprint density at radius 2 is 0.685 bits per heavy atom. The maximum absolute atomic E-state index is 2.63. The molecular formula is C50H36S2Si2. The van der Waals surface area contributed by atoms with E-state index in [1.165, 1.54) is 95.6 Å². The van der Waals surface area contributed by atoms with Crippen LogP contribution in [0.5, 0.6) is 0 Å². The SMILES string of the molecule is C[Si]1(C)c2cc(-c3ccc4sc5ccccc5c4c3)ccc2-c2c1c1c(c3ccccc23)-c2ccc(-c3ccc4sc5ccccc5c4c3)cc2[Si]1(C)C. The summed E-state index contributed by atoms with van der Waals surface area (Å²) < 4.78 is 5.45. The van der Waals surface area contributed by atoms with Crippen molar-refractivity contribution < 1.29 is 0 Å². The highest BCUT2D eigenvalue weighted by atomic mass is 32.1. The van der Waals surface area contributed by atoms with E-state index in [0.29, 0.717) is 0 Å². The fourth-order valence-corrected chi connectivity index (χ4v) is 20.9. The second-order valence-electron chi connectivity index (χ2n) is 16.4. The first-order valence-electron chi connectivity index (χ1n) is 19.0. The van der Waals surface area contributed by atoms with Gasteiger partial charge in [-0.15, -0.1) is 22.7 Å². The van der Waals surface area contributed by atoms with Crippen LogP contribution in [0.3, 0.4) is 0 Å². The lowest BCUT2D eigenvalue weighted by molar-refractivity contribution is 1.67. The van der Waals surface area contributed by atoms with E-state index in [1.54, 1.807) is 20.7 Å². The molecule has 0 radical (unpaired) electrons.